The third-order valence-electron chi connectivity index (χ3n) is 4.27. The van der Waals surface area contributed by atoms with E-state index < -0.39 is 5.60 Å². The summed E-state index contributed by atoms with van der Waals surface area (Å²) >= 11 is 0. The van der Waals surface area contributed by atoms with E-state index >= 15 is 0 Å². The summed E-state index contributed by atoms with van der Waals surface area (Å²) in [4.78, 5) is 21.6. The van der Waals surface area contributed by atoms with Crippen LogP contribution in [0.15, 0.2) is 72.5 Å². The lowest BCUT2D eigenvalue weighted by Gasteiger charge is -2.20. The molecule has 0 fully saturated rings. The number of phenolic OH excluding ortho intramolecular Hbond substituents is 1. The molecule has 1 atom stereocenters. The van der Waals surface area contributed by atoms with Crippen LogP contribution in [-0.4, -0.2) is 29.8 Å². The van der Waals surface area contributed by atoms with E-state index in [-0.39, 0.29) is 11.8 Å². The molecular formula is C32H56N2O4. The highest BCUT2D eigenvalue weighted by molar-refractivity contribution is 5.67. The quantitative estimate of drug-likeness (QED) is 0.219. The largest absolute Gasteiger partial charge is 0.508 e. The molecule has 6 nitrogen and oxygen atoms in total. The molecule has 0 spiro atoms. The van der Waals surface area contributed by atoms with Gasteiger partial charge in [-0.05, 0) is 76.3 Å². The molecule has 0 aliphatic carbocycles. The van der Waals surface area contributed by atoms with Crippen molar-refractivity contribution in [2.24, 2.45) is 0 Å². The molecule has 218 valence electrons. The van der Waals surface area contributed by atoms with Crippen LogP contribution >= 0.6 is 0 Å². The van der Waals surface area contributed by atoms with Crippen molar-refractivity contribution < 1.29 is 19.4 Å². The van der Waals surface area contributed by atoms with Crippen LogP contribution in [0.25, 0.3) is 0 Å². The van der Waals surface area contributed by atoms with E-state index in [1.807, 2.05) is 94.4 Å². The van der Waals surface area contributed by atoms with Crippen molar-refractivity contribution in [3.63, 3.8) is 0 Å². The van der Waals surface area contributed by atoms with Gasteiger partial charge in [-0.15, -0.1) is 0 Å². The number of aromatic hydroxyl groups is 1. The molecule has 38 heavy (non-hydrogen) atoms. The summed E-state index contributed by atoms with van der Waals surface area (Å²) in [5, 5.41) is 14.5. The van der Waals surface area contributed by atoms with Crippen molar-refractivity contribution in [1.82, 2.24) is 10.6 Å². The number of benzene rings is 1. The van der Waals surface area contributed by atoms with Gasteiger partial charge in [0.05, 0.1) is 0 Å². The SMILES string of the molecule is C=C/C(=C/C(=C\C)NC=O)C(=C)C.CC.CC.CC.CC(CCNC(=O)OC(C)(C)C)c1ccc(O)cc1. The Morgan fingerprint density at radius 1 is 1.08 bits per heavy atom. The topological polar surface area (TPSA) is 87.7 Å². The smallest absolute Gasteiger partial charge is 0.407 e. The summed E-state index contributed by atoms with van der Waals surface area (Å²) in [6.45, 7) is 31.4. The summed E-state index contributed by atoms with van der Waals surface area (Å²) < 4.78 is 5.16. The molecule has 0 saturated heterocycles. The van der Waals surface area contributed by atoms with Crippen LogP contribution in [0.3, 0.4) is 0 Å². The number of alkyl carbamates (subject to hydrolysis) is 1. The van der Waals surface area contributed by atoms with Crippen LogP contribution in [0.5, 0.6) is 5.75 Å². The second kappa shape index (κ2) is 26.8. The van der Waals surface area contributed by atoms with Crippen LogP contribution in [0, 0.1) is 0 Å². The number of hydrogen-bond acceptors (Lipinski definition) is 4. The van der Waals surface area contributed by atoms with Gasteiger partial charge in [-0.3, -0.25) is 4.79 Å². The second-order valence-corrected chi connectivity index (χ2v) is 8.30. The molecule has 0 saturated carbocycles. The number of amides is 2. The molecule has 0 bridgehead atoms. The van der Waals surface area contributed by atoms with Crippen LogP contribution in [0.2, 0.25) is 0 Å². The van der Waals surface area contributed by atoms with E-state index in [4.69, 9.17) is 4.74 Å². The number of phenols is 1. The lowest BCUT2D eigenvalue weighted by Crippen LogP contribution is -2.33. The summed E-state index contributed by atoms with van der Waals surface area (Å²) in [6, 6.07) is 7.14. The fraction of sp³-hybridized carbons (Fsp3) is 0.500. The van der Waals surface area contributed by atoms with Gasteiger partial charge < -0.3 is 20.5 Å². The Hall–Kier alpha value is -3.28. The number of hydrogen-bond donors (Lipinski definition) is 3. The zero-order chi connectivity index (χ0) is 30.7. The molecular weight excluding hydrogens is 476 g/mol. The van der Waals surface area contributed by atoms with Crippen molar-refractivity contribution in [1.29, 1.82) is 0 Å². The summed E-state index contributed by atoms with van der Waals surface area (Å²) in [5.41, 5.74) is 3.26. The average molecular weight is 533 g/mol. The number of carbonyl (C=O) groups is 2. The number of ether oxygens (including phenoxy) is 1. The van der Waals surface area contributed by atoms with E-state index in [2.05, 4.69) is 30.7 Å². The standard InChI is InChI=1S/C15H23NO3.C11H15NO.3C2H6/c1-11(12-5-7-13(17)8-6-12)9-10-16-14(18)19-15(2,3)4;1-5-10(9(3)4)7-11(6-2)12-8-13;3*1-2/h5-8,11,17H,9-10H2,1-4H3,(H,16,18);5-8H,1,3H2,2,4H3,(H,12,13);3*1-2H3/b;10-7-,11-6+;;;. The lowest BCUT2D eigenvalue weighted by atomic mass is 9.98. The molecule has 3 N–H and O–H groups in total. The van der Waals surface area contributed by atoms with Gasteiger partial charge >= 0.3 is 6.09 Å². The minimum absolute atomic E-state index is 0.267. The Bertz CT molecular complexity index is 817. The van der Waals surface area contributed by atoms with Crippen LogP contribution < -0.4 is 10.6 Å². The number of rotatable bonds is 9. The maximum Gasteiger partial charge on any atom is 0.407 e. The fourth-order valence-electron chi connectivity index (χ4n) is 2.47. The summed E-state index contributed by atoms with van der Waals surface area (Å²) in [5.74, 6) is 0.582. The van der Waals surface area contributed by atoms with Crippen molar-refractivity contribution in [2.75, 3.05) is 6.54 Å². The van der Waals surface area contributed by atoms with Gasteiger partial charge in [-0.1, -0.05) is 91.5 Å². The molecule has 2 amide bonds. The first-order valence-corrected chi connectivity index (χ1v) is 13.6. The van der Waals surface area contributed by atoms with Gasteiger partial charge in [-0.25, -0.2) is 4.79 Å². The lowest BCUT2D eigenvalue weighted by molar-refractivity contribution is -0.108. The van der Waals surface area contributed by atoms with Gasteiger partial charge in [0.2, 0.25) is 6.41 Å². The molecule has 0 aliphatic rings. The molecule has 6 heteroatoms. The minimum Gasteiger partial charge on any atom is -0.508 e. The summed E-state index contributed by atoms with van der Waals surface area (Å²) in [7, 11) is 0. The van der Waals surface area contributed by atoms with Gasteiger partial charge in [-0.2, -0.15) is 0 Å². The third kappa shape index (κ3) is 24.4. The van der Waals surface area contributed by atoms with Gasteiger partial charge in [0.25, 0.3) is 0 Å². The minimum atomic E-state index is -0.466. The predicted octanol–water partition coefficient (Wildman–Crippen LogP) is 8.81. The van der Waals surface area contributed by atoms with Gasteiger partial charge in [0, 0.05) is 12.2 Å². The first kappa shape index (κ1) is 41.8. The summed E-state index contributed by atoms with van der Waals surface area (Å²) in [6.07, 6.45) is 6.42. The zero-order valence-electron chi connectivity index (χ0n) is 26.2. The van der Waals surface area contributed by atoms with E-state index in [1.54, 1.807) is 24.3 Å². The molecule has 0 aromatic heterocycles. The number of carbonyl (C=O) groups excluding carboxylic acids is 2. The van der Waals surface area contributed by atoms with E-state index in [1.165, 1.54) is 0 Å². The second-order valence-electron chi connectivity index (χ2n) is 8.30. The first-order valence-electron chi connectivity index (χ1n) is 13.6. The van der Waals surface area contributed by atoms with Crippen LogP contribution in [0.4, 0.5) is 4.79 Å². The number of nitrogens with one attached hydrogen (secondary N) is 2. The highest BCUT2D eigenvalue weighted by Gasteiger charge is 2.16. The molecule has 0 radical (unpaired) electrons. The normalized spacial score (nSPS) is 11.1. The highest BCUT2D eigenvalue weighted by Crippen LogP contribution is 2.20. The van der Waals surface area contributed by atoms with Crippen molar-refractivity contribution in [2.45, 2.75) is 101 Å². The molecule has 0 aliphatic heterocycles. The zero-order valence-corrected chi connectivity index (χ0v) is 26.2. The Kier molecular flexibility index (Phi) is 29.5. The fourth-order valence-corrected chi connectivity index (χ4v) is 2.47. The molecule has 0 heterocycles. The van der Waals surface area contributed by atoms with E-state index in [0.29, 0.717) is 18.9 Å². The van der Waals surface area contributed by atoms with E-state index in [9.17, 15) is 14.7 Å². The van der Waals surface area contributed by atoms with Crippen molar-refractivity contribution in [3.05, 3.63) is 78.1 Å². The average Bonchev–Trinajstić information content (AvgIpc) is 2.89. The first-order chi connectivity index (χ1) is 17.9. The Labute approximate surface area is 234 Å². The maximum atomic E-state index is 11.5. The van der Waals surface area contributed by atoms with Crippen LogP contribution in [-0.2, 0) is 9.53 Å². The Morgan fingerprint density at radius 3 is 1.95 bits per heavy atom. The molecule has 1 rings (SSSR count). The predicted molar refractivity (Wildman–Crippen MR) is 165 cm³/mol. The Morgan fingerprint density at radius 2 is 1.58 bits per heavy atom. The number of allylic oxidation sites excluding steroid dienone is 5. The monoisotopic (exact) mass is 532 g/mol. The third-order valence-corrected chi connectivity index (χ3v) is 4.27. The van der Waals surface area contributed by atoms with Gasteiger partial charge in [0.1, 0.15) is 11.4 Å². The van der Waals surface area contributed by atoms with Crippen LogP contribution in [0.1, 0.15) is 101 Å². The highest BCUT2D eigenvalue weighted by atomic mass is 16.6. The van der Waals surface area contributed by atoms with Gasteiger partial charge in [0.15, 0.2) is 0 Å². The van der Waals surface area contributed by atoms with Crippen molar-refractivity contribution >= 4 is 12.5 Å². The Balaban J connectivity index is -0.000000266. The molecule has 1 unspecified atom stereocenters. The maximum absolute atomic E-state index is 11.5. The molecule has 1 aromatic rings. The van der Waals surface area contributed by atoms with E-state index in [0.717, 1.165) is 28.8 Å². The van der Waals surface area contributed by atoms with Crippen molar-refractivity contribution in [3.8, 4) is 5.75 Å². The molecule has 1 aromatic carbocycles.